The Bertz CT molecular complexity index is 323. The maximum absolute atomic E-state index is 5.74. The van der Waals surface area contributed by atoms with Gasteiger partial charge in [0.2, 0.25) is 0 Å². The molecule has 1 rings (SSSR count). The third-order valence-corrected chi connectivity index (χ3v) is 2.80. The summed E-state index contributed by atoms with van der Waals surface area (Å²) in [7, 11) is 0. The summed E-state index contributed by atoms with van der Waals surface area (Å²) in [5.74, 6) is 2.65. The molecule has 0 aliphatic rings. The van der Waals surface area contributed by atoms with Crippen LogP contribution in [0.1, 0.15) is 38.2 Å². The predicted molar refractivity (Wildman–Crippen MR) is 72.9 cm³/mol. The molecule has 1 aromatic rings. The Morgan fingerprint density at radius 1 is 1.24 bits per heavy atom. The Hall–Kier alpha value is -1.26. The summed E-state index contributed by atoms with van der Waals surface area (Å²) in [4.78, 5) is 0. The van der Waals surface area contributed by atoms with E-state index in [4.69, 9.17) is 11.2 Å². The molecule has 1 aromatic carbocycles. The average Bonchev–Trinajstić information content (AvgIpc) is 2.37. The number of hydrogen-bond donors (Lipinski definition) is 0. The van der Waals surface area contributed by atoms with Gasteiger partial charge in [-0.05, 0) is 38.2 Å². The zero-order valence-electron chi connectivity index (χ0n) is 10.7. The van der Waals surface area contributed by atoms with Crippen LogP contribution in [0.4, 0.5) is 0 Å². The number of ether oxygens (including phenoxy) is 1. The standard InChI is InChI=1S/C16H22O/c1-3-4-5-9-14-17-15(2)12-13-16-10-7-6-8-11-16/h1,6-8,10-11,15H,4-5,9,12-14H2,2H3. The van der Waals surface area contributed by atoms with Crippen molar-refractivity contribution >= 4 is 0 Å². The lowest BCUT2D eigenvalue weighted by molar-refractivity contribution is 0.0582. The third kappa shape index (κ3) is 6.81. The van der Waals surface area contributed by atoms with Crippen LogP contribution in [0.5, 0.6) is 0 Å². The molecule has 1 heteroatoms. The van der Waals surface area contributed by atoms with Gasteiger partial charge >= 0.3 is 0 Å². The Kier molecular flexibility index (Phi) is 7.18. The summed E-state index contributed by atoms with van der Waals surface area (Å²) < 4.78 is 5.74. The van der Waals surface area contributed by atoms with Gasteiger partial charge in [0.25, 0.3) is 0 Å². The monoisotopic (exact) mass is 230 g/mol. The van der Waals surface area contributed by atoms with Crippen molar-refractivity contribution in [3.8, 4) is 12.3 Å². The second-order valence-corrected chi connectivity index (χ2v) is 4.37. The fourth-order valence-corrected chi connectivity index (χ4v) is 1.71. The zero-order chi connectivity index (χ0) is 12.3. The smallest absolute Gasteiger partial charge is 0.0550 e. The van der Waals surface area contributed by atoms with E-state index in [1.54, 1.807) is 0 Å². The van der Waals surface area contributed by atoms with Crippen LogP contribution in [0.2, 0.25) is 0 Å². The first-order valence-corrected chi connectivity index (χ1v) is 6.42. The topological polar surface area (TPSA) is 9.23 Å². The van der Waals surface area contributed by atoms with Gasteiger partial charge in [0, 0.05) is 13.0 Å². The zero-order valence-corrected chi connectivity index (χ0v) is 10.7. The molecule has 1 nitrogen and oxygen atoms in total. The van der Waals surface area contributed by atoms with Crippen molar-refractivity contribution in [3.63, 3.8) is 0 Å². The lowest BCUT2D eigenvalue weighted by Gasteiger charge is -2.12. The minimum Gasteiger partial charge on any atom is -0.378 e. The minimum atomic E-state index is 0.334. The highest BCUT2D eigenvalue weighted by Gasteiger charge is 2.02. The van der Waals surface area contributed by atoms with Crippen molar-refractivity contribution in [2.45, 2.75) is 45.1 Å². The van der Waals surface area contributed by atoms with Crippen LogP contribution in [-0.2, 0) is 11.2 Å². The first-order chi connectivity index (χ1) is 8.33. The Morgan fingerprint density at radius 2 is 2.00 bits per heavy atom. The summed E-state index contributed by atoms with van der Waals surface area (Å²) in [5, 5.41) is 0. The van der Waals surface area contributed by atoms with Crippen LogP contribution in [0.25, 0.3) is 0 Å². The molecule has 0 bridgehead atoms. The first-order valence-electron chi connectivity index (χ1n) is 6.42. The fraction of sp³-hybridized carbons (Fsp3) is 0.500. The molecule has 0 saturated heterocycles. The van der Waals surface area contributed by atoms with Crippen LogP contribution < -0.4 is 0 Å². The van der Waals surface area contributed by atoms with Gasteiger partial charge in [-0.1, -0.05) is 30.3 Å². The van der Waals surface area contributed by atoms with E-state index in [0.717, 1.165) is 38.7 Å². The molecule has 0 radical (unpaired) electrons. The quantitative estimate of drug-likeness (QED) is 0.487. The Labute approximate surface area is 105 Å². The molecule has 17 heavy (non-hydrogen) atoms. The molecule has 0 aromatic heterocycles. The van der Waals surface area contributed by atoms with Gasteiger partial charge < -0.3 is 4.74 Å². The SMILES string of the molecule is C#CCCCCOC(C)CCc1ccccc1. The minimum absolute atomic E-state index is 0.334. The summed E-state index contributed by atoms with van der Waals surface area (Å²) in [6, 6.07) is 10.6. The highest BCUT2D eigenvalue weighted by atomic mass is 16.5. The lowest BCUT2D eigenvalue weighted by Crippen LogP contribution is -2.10. The van der Waals surface area contributed by atoms with Gasteiger partial charge in [-0.25, -0.2) is 0 Å². The van der Waals surface area contributed by atoms with Gasteiger partial charge in [0.15, 0.2) is 0 Å². The van der Waals surface area contributed by atoms with E-state index in [-0.39, 0.29) is 0 Å². The van der Waals surface area contributed by atoms with Gasteiger partial charge in [-0.15, -0.1) is 12.3 Å². The second-order valence-electron chi connectivity index (χ2n) is 4.37. The van der Waals surface area contributed by atoms with E-state index in [0.29, 0.717) is 6.10 Å². The third-order valence-electron chi connectivity index (χ3n) is 2.80. The van der Waals surface area contributed by atoms with Crippen LogP contribution in [-0.4, -0.2) is 12.7 Å². The number of hydrogen-bond acceptors (Lipinski definition) is 1. The fourth-order valence-electron chi connectivity index (χ4n) is 1.71. The Morgan fingerprint density at radius 3 is 2.71 bits per heavy atom. The van der Waals surface area contributed by atoms with E-state index < -0.39 is 0 Å². The van der Waals surface area contributed by atoms with Crippen LogP contribution >= 0.6 is 0 Å². The molecule has 0 heterocycles. The molecule has 0 spiro atoms. The van der Waals surface area contributed by atoms with Gasteiger partial charge in [0.1, 0.15) is 0 Å². The molecule has 92 valence electrons. The summed E-state index contributed by atoms with van der Waals surface area (Å²) in [5.41, 5.74) is 1.38. The number of terminal acetylenes is 1. The highest BCUT2D eigenvalue weighted by Crippen LogP contribution is 2.07. The largest absolute Gasteiger partial charge is 0.378 e. The van der Waals surface area contributed by atoms with Crippen molar-refractivity contribution in [2.75, 3.05) is 6.61 Å². The molecule has 0 N–H and O–H groups in total. The molecule has 0 fully saturated rings. The van der Waals surface area contributed by atoms with Crippen LogP contribution in [0.3, 0.4) is 0 Å². The van der Waals surface area contributed by atoms with E-state index >= 15 is 0 Å². The molecule has 0 aliphatic carbocycles. The molecule has 1 atom stereocenters. The van der Waals surface area contributed by atoms with Crippen LogP contribution in [0.15, 0.2) is 30.3 Å². The summed E-state index contributed by atoms with van der Waals surface area (Å²) in [6.07, 6.45) is 10.7. The molecule has 0 aliphatic heterocycles. The lowest BCUT2D eigenvalue weighted by atomic mass is 10.1. The average molecular weight is 230 g/mol. The number of benzene rings is 1. The van der Waals surface area contributed by atoms with Crippen LogP contribution in [0, 0.1) is 12.3 Å². The highest BCUT2D eigenvalue weighted by molar-refractivity contribution is 5.14. The van der Waals surface area contributed by atoms with Crippen molar-refractivity contribution in [1.29, 1.82) is 0 Å². The maximum Gasteiger partial charge on any atom is 0.0550 e. The number of unbranched alkanes of at least 4 members (excludes halogenated alkanes) is 2. The number of rotatable bonds is 8. The first kappa shape index (κ1) is 13.8. The predicted octanol–water partition coefficient (Wildman–Crippen LogP) is 3.83. The Balaban J connectivity index is 2.05. The van der Waals surface area contributed by atoms with Crippen molar-refractivity contribution < 1.29 is 4.74 Å². The molecule has 1 unspecified atom stereocenters. The van der Waals surface area contributed by atoms with Gasteiger partial charge in [-0.3, -0.25) is 0 Å². The molecular formula is C16H22O. The maximum atomic E-state index is 5.74. The van der Waals surface area contributed by atoms with E-state index in [9.17, 15) is 0 Å². The normalized spacial score (nSPS) is 12.0. The van der Waals surface area contributed by atoms with Crippen molar-refractivity contribution in [2.24, 2.45) is 0 Å². The molecular weight excluding hydrogens is 208 g/mol. The van der Waals surface area contributed by atoms with Gasteiger partial charge in [0.05, 0.1) is 6.10 Å². The van der Waals surface area contributed by atoms with E-state index in [1.807, 2.05) is 0 Å². The second kappa shape index (κ2) is 8.84. The van der Waals surface area contributed by atoms with Crippen molar-refractivity contribution in [3.05, 3.63) is 35.9 Å². The van der Waals surface area contributed by atoms with Crippen molar-refractivity contribution in [1.82, 2.24) is 0 Å². The summed E-state index contributed by atoms with van der Waals surface area (Å²) in [6.45, 7) is 2.97. The van der Waals surface area contributed by atoms with E-state index in [1.165, 1.54) is 5.56 Å². The van der Waals surface area contributed by atoms with E-state index in [2.05, 4.69) is 43.2 Å². The number of aryl methyl sites for hydroxylation is 1. The van der Waals surface area contributed by atoms with Gasteiger partial charge in [-0.2, -0.15) is 0 Å². The molecule has 0 saturated carbocycles. The molecule has 0 amide bonds. The summed E-state index contributed by atoms with van der Waals surface area (Å²) >= 11 is 0.